The second-order valence-electron chi connectivity index (χ2n) is 5.71. The molecule has 1 saturated carbocycles. The van der Waals surface area contributed by atoms with Crippen LogP contribution in [0.2, 0.25) is 0 Å². The molecule has 0 saturated heterocycles. The van der Waals surface area contributed by atoms with E-state index >= 15 is 0 Å². The summed E-state index contributed by atoms with van der Waals surface area (Å²) < 4.78 is 7.60. The number of imidazole rings is 1. The molecule has 0 bridgehead atoms. The van der Waals surface area contributed by atoms with Gasteiger partial charge in [-0.3, -0.25) is 0 Å². The van der Waals surface area contributed by atoms with Gasteiger partial charge in [-0.2, -0.15) is 0 Å². The predicted molar refractivity (Wildman–Crippen MR) is 83.0 cm³/mol. The summed E-state index contributed by atoms with van der Waals surface area (Å²) in [4.78, 5) is 4.41. The maximum Gasteiger partial charge on any atom is 0.202 e. The molecule has 4 heteroatoms. The Morgan fingerprint density at radius 1 is 1.35 bits per heavy atom. The minimum absolute atomic E-state index is 0.802. The smallest absolute Gasteiger partial charge is 0.202 e. The molecule has 1 fully saturated rings. The molecule has 1 N–H and O–H groups in total. The zero-order valence-electron chi connectivity index (χ0n) is 12.8. The lowest BCUT2D eigenvalue weighted by Crippen LogP contribution is -2.13. The fourth-order valence-electron chi connectivity index (χ4n) is 2.97. The van der Waals surface area contributed by atoms with E-state index in [9.17, 15) is 0 Å². The Morgan fingerprint density at radius 2 is 2.20 bits per heavy atom. The molecule has 1 aromatic heterocycles. The first-order valence-electron chi connectivity index (χ1n) is 8.23. The standard InChI is InChI=1S/C16H29N3O/c1-2-20-14-6-10-17-16-18-11-13-19(16)12-9-15-7-4-3-5-8-15/h11,13,15H,2-10,12,14H2,1H3,(H,17,18). The molecule has 0 amide bonds. The van der Waals surface area contributed by atoms with E-state index < -0.39 is 0 Å². The number of hydrogen-bond donors (Lipinski definition) is 1. The third kappa shape index (κ3) is 5.16. The zero-order valence-corrected chi connectivity index (χ0v) is 12.8. The second kappa shape index (κ2) is 9.01. The monoisotopic (exact) mass is 279 g/mol. The number of nitrogens with one attached hydrogen (secondary N) is 1. The first-order valence-corrected chi connectivity index (χ1v) is 8.23. The van der Waals surface area contributed by atoms with Crippen molar-refractivity contribution in [1.29, 1.82) is 0 Å². The van der Waals surface area contributed by atoms with Crippen molar-refractivity contribution in [2.24, 2.45) is 5.92 Å². The Kier molecular flexibility index (Phi) is 6.92. The minimum atomic E-state index is 0.802. The molecule has 114 valence electrons. The van der Waals surface area contributed by atoms with Gasteiger partial charge < -0.3 is 14.6 Å². The van der Waals surface area contributed by atoms with Gasteiger partial charge in [-0.25, -0.2) is 4.98 Å². The molecule has 0 aliphatic heterocycles. The van der Waals surface area contributed by atoms with Crippen LogP contribution in [-0.4, -0.2) is 29.3 Å². The molecule has 1 aromatic rings. The lowest BCUT2D eigenvalue weighted by Gasteiger charge is -2.22. The molecule has 0 unspecified atom stereocenters. The lowest BCUT2D eigenvalue weighted by atomic mass is 9.87. The summed E-state index contributed by atoms with van der Waals surface area (Å²) in [6.45, 7) is 5.69. The Labute approximate surface area is 122 Å². The largest absolute Gasteiger partial charge is 0.382 e. The molecule has 1 aliphatic rings. The van der Waals surface area contributed by atoms with Crippen LogP contribution in [-0.2, 0) is 11.3 Å². The molecular weight excluding hydrogens is 250 g/mol. The molecule has 0 aromatic carbocycles. The summed E-state index contributed by atoms with van der Waals surface area (Å²) in [6, 6.07) is 0. The van der Waals surface area contributed by atoms with E-state index in [1.807, 2.05) is 13.1 Å². The van der Waals surface area contributed by atoms with Crippen LogP contribution in [0, 0.1) is 5.92 Å². The Morgan fingerprint density at radius 3 is 3.00 bits per heavy atom. The molecule has 1 aliphatic carbocycles. The van der Waals surface area contributed by atoms with Crippen molar-refractivity contribution < 1.29 is 4.74 Å². The van der Waals surface area contributed by atoms with Gasteiger partial charge in [0.25, 0.3) is 0 Å². The number of hydrogen-bond acceptors (Lipinski definition) is 3. The minimum Gasteiger partial charge on any atom is -0.382 e. The number of anilines is 1. The van der Waals surface area contributed by atoms with Crippen molar-refractivity contribution in [2.75, 3.05) is 25.1 Å². The number of nitrogens with zero attached hydrogens (tertiary/aromatic N) is 2. The molecular formula is C16H29N3O. The predicted octanol–water partition coefficient (Wildman–Crippen LogP) is 3.69. The van der Waals surface area contributed by atoms with Gasteiger partial charge in [-0.15, -0.1) is 0 Å². The van der Waals surface area contributed by atoms with Crippen molar-refractivity contribution in [1.82, 2.24) is 9.55 Å². The Hall–Kier alpha value is -1.03. The van der Waals surface area contributed by atoms with Crippen LogP contribution in [0.5, 0.6) is 0 Å². The van der Waals surface area contributed by atoms with Gasteiger partial charge in [0, 0.05) is 38.7 Å². The lowest BCUT2D eigenvalue weighted by molar-refractivity contribution is 0.147. The van der Waals surface area contributed by atoms with E-state index in [2.05, 4.69) is 21.1 Å². The zero-order chi connectivity index (χ0) is 14.0. The van der Waals surface area contributed by atoms with Gasteiger partial charge in [-0.1, -0.05) is 32.1 Å². The Bertz CT molecular complexity index is 358. The third-order valence-corrected chi connectivity index (χ3v) is 4.17. The van der Waals surface area contributed by atoms with Crippen LogP contribution in [0.4, 0.5) is 5.95 Å². The molecule has 0 radical (unpaired) electrons. The summed E-state index contributed by atoms with van der Waals surface area (Å²) in [5.74, 6) is 1.94. The van der Waals surface area contributed by atoms with E-state index in [-0.39, 0.29) is 0 Å². The number of ether oxygens (including phenoxy) is 1. The van der Waals surface area contributed by atoms with Crippen molar-refractivity contribution in [2.45, 2.75) is 58.4 Å². The topological polar surface area (TPSA) is 39.1 Å². The van der Waals surface area contributed by atoms with Crippen LogP contribution < -0.4 is 5.32 Å². The third-order valence-electron chi connectivity index (χ3n) is 4.17. The van der Waals surface area contributed by atoms with Crippen molar-refractivity contribution in [3.63, 3.8) is 0 Å². The second-order valence-corrected chi connectivity index (χ2v) is 5.71. The SMILES string of the molecule is CCOCCCNc1nccn1CCC1CCCCC1. The van der Waals surface area contributed by atoms with Crippen LogP contribution in [0.3, 0.4) is 0 Å². The maximum absolute atomic E-state index is 5.34. The maximum atomic E-state index is 5.34. The fraction of sp³-hybridized carbons (Fsp3) is 0.812. The van der Waals surface area contributed by atoms with Crippen LogP contribution in [0.25, 0.3) is 0 Å². The first kappa shape index (κ1) is 15.4. The van der Waals surface area contributed by atoms with E-state index in [4.69, 9.17) is 4.74 Å². The van der Waals surface area contributed by atoms with Crippen LogP contribution >= 0.6 is 0 Å². The number of rotatable bonds is 9. The van der Waals surface area contributed by atoms with Crippen LogP contribution in [0.15, 0.2) is 12.4 Å². The highest BCUT2D eigenvalue weighted by atomic mass is 16.5. The summed E-state index contributed by atoms with van der Waals surface area (Å²) in [7, 11) is 0. The van der Waals surface area contributed by atoms with E-state index in [1.54, 1.807) is 0 Å². The summed E-state index contributed by atoms with van der Waals surface area (Å²) in [5.41, 5.74) is 0. The van der Waals surface area contributed by atoms with Gasteiger partial charge in [0.05, 0.1) is 0 Å². The van der Waals surface area contributed by atoms with Gasteiger partial charge in [0.1, 0.15) is 0 Å². The first-order chi connectivity index (χ1) is 9.90. The van der Waals surface area contributed by atoms with Gasteiger partial charge in [0.2, 0.25) is 5.95 Å². The van der Waals surface area contributed by atoms with E-state index in [1.165, 1.54) is 38.5 Å². The molecule has 4 nitrogen and oxygen atoms in total. The Balaban J connectivity index is 1.68. The van der Waals surface area contributed by atoms with Crippen molar-refractivity contribution in [3.05, 3.63) is 12.4 Å². The average molecular weight is 279 g/mol. The molecule has 1 heterocycles. The fourth-order valence-corrected chi connectivity index (χ4v) is 2.97. The quantitative estimate of drug-likeness (QED) is 0.701. The van der Waals surface area contributed by atoms with Gasteiger partial charge in [-0.05, 0) is 25.7 Å². The highest BCUT2D eigenvalue weighted by molar-refractivity contribution is 5.25. The van der Waals surface area contributed by atoms with Crippen molar-refractivity contribution in [3.8, 4) is 0 Å². The van der Waals surface area contributed by atoms with Crippen molar-refractivity contribution >= 4 is 5.95 Å². The number of aryl methyl sites for hydroxylation is 1. The summed E-state index contributed by atoms with van der Waals surface area (Å²) in [6.07, 6.45) is 13.5. The van der Waals surface area contributed by atoms with E-state index in [0.717, 1.165) is 44.6 Å². The highest BCUT2D eigenvalue weighted by Crippen LogP contribution is 2.27. The number of aromatic nitrogens is 2. The van der Waals surface area contributed by atoms with E-state index in [0.29, 0.717) is 0 Å². The molecule has 0 spiro atoms. The summed E-state index contributed by atoms with van der Waals surface area (Å²) >= 11 is 0. The van der Waals surface area contributed by atoms with Gasteiger partial charge in [0.15, 0.2) is 0 Å². The molecule has 20 heavy (non-hydrogen) atoms. The van der Waals surface area contributed by atoms with Crippen LogP contribution in [0.1, 0.15) is 51.9 Å². The highest BCUT2D eigenvalue weighted by Gasteiger charge is 2.13. The normalized spacial score (nSPS) is 16.4. The average Bonchev–Trinajstić information content (AvgIpc) is 2.93. The molecule has 2 rings (SSSR count). The summed E-state index contributed by atoms with van der Waals surface area (Å²) in [5, 5.41) is 3.41. The molecule has 0 atom stereocenters. The van der Waals surface area contributed by atoms with Gasteiger partial charge >= 0.3 is 0 Å².